The summed E-state index contributed by atoms with van der Waals surface area (Å²) in [6.07, 6.45) is 5.59. The van der Waals surface area contributed by atoms with E-state index in [1.807, 2.05) is 65.3 Å². The number of ether oxygens (including phenoxy) is 2. The number of methoxy groups -OCH3 is 1. The molecule has 7 heteroatoms. The Morgan fingerprint density at radius 3 is 2.78 bits per heavy atom. The third-order valence-corrected chi connectivity index (χ3v) is 4.21. The smallest absolute Gasteiger partial charge is 0.212 e. The first-order chi connectivity index (χ1) is 13.3. The second kappa shape index (κ2) is 9.96. The number of hydrogen-bond donors (Lipinski definition) is 1. The van der Waals surface area contributed by atoms with E-state index in [4.69, 9.17) is 13.9 Å². The Labute approximate surface area is 172 Å². The summed E-state index contributed by atoms with van der Waals surface area (Å²) < 4.78 is 19.5. The molecule has 0 amide bonds. The van der Waals surface area contributed by atoms with E-state index in [2.05, 4.69) is 19.8 Å². The van der Waals surface area contributed by atoms with Crippen LogP contribution in [-0.2, 0) is 6.42 Å². The monoisotopic (exact) mass is 477 g/mol. The van der Waals surface area contributed by atoms with Crippen molar-refractivity contribution in [2.24, 2.45) is 5.10 Å². The zero-order valence-corrected chi connectivity index (χ0v) is 17.0. The number of hydrazone groups is 1. The van der Waals surface area contributed by atoms with Crippen LogP contribution in [0.3, 0.4) is 0 Å². The van der Waals surface area contributed by atoms with E-state index in [9.17, 15) is 0 Å². The molecule has 0 spiro atoms. The third kappa shape index (κ3) is 5.46. The van der Waals surface area contributed by atoms with Crippen molar-refractivity contribution < 1.29 is 13.9 Å². The maximum atomic E-state index is 5.84. The van der Waals surface area contributed by atoms with E-state index < -0.39 is 0 Å². The van der Waals surface area contributed by atoms with E-state index in [0.717, 1.165) is 36.3 Å². The van der Waals surface area contributed by atoms with Crippen LogP contribution in [0, 0.1) is 0 Å². The second-order valence-corrected chi connectivity index (χ2v) is 6.24. The van der Waals surface area contributed by atoms with Gasteiger partial charge in [-0.3, -0.25) is 0 Å². The second-order valence-electron chi connectivity index (χ2n) is 5.76. The van der Waals surface area contributed by atoms with Crippen LogP contribution >= 0.6 is 22.9 Å². The molecule has 1 N–H and O–H groups in total. The first-order valence-electron chi connectivity index (χ1n) is 8.51. The fourth-order valence-electron chi connectivity index (χ4n) is 2.69. The van der Waals surface area contributed by atoms with Crippen LogP contribution < -0.4 is 13.1 Å². The van der Waals surface area contributed by atoms with Gasteiger partial charge in [-0.05, 0) is 42.7 Å². The first kappa shape index (κ1) is 19.2. The molecular weight excluding hydrogens is 457 g/mol. The minimum Gasteiger partial charge on any atom is -0.496 e. The van der Waals surface area contributed by atoms with Crippen molar-refractivity contribution >= 4 is 28.8 Å². The molecule has 0 aliphatic rings. The largest absolute Gasteiger partial charge is 0.496 e. The number of nitrogens with one attached hydrogen (secondary N) is 1. The summed E-state index contributed by atoms with van der Waals surface area (Å²) in [6, 6.07) is 15.8. The van der Waals surface area contributed by atoms with Gasteiger partial charge in [0.15, 0.2) is 12.2 Å². The van der Waals surface area contributed by atoms with E-state index >= 15 is 0 Å². The summed E-state index contributed by atoms with van der Waals surface area (Å²) in [4.78, 5) is 3.96. The molecule has 2 aromatic carbocycles. The lowest BCUT2D eigenvalue weighted by molar-refractivity contribution is 0.414. The molecule has 0 fully saturated rings. The number of hydrogen-bond acceptors (Lipinski definition) is 6. The van der Waals surface area contributed by atoms with Gasteiger partial charge in [0.05, 0.1) is 41.7 Å². The minimum atomic E-state index is 0.654. The Kier molecular flexibility index (Phi) is 7.09. The van der Waals surface area contributed by atoms with Gasteiger partial charge in [-0.2, -0.15) is 0 Å². The van der Waals surface area contributed by atoms with Gasteiger partial charge in [-0.15, -0.1) is 5.10 Å². The zero-order chi connectivity index (χ0) is 18.9. The molecule has 1 aromatic heterocycles. The van der Waals surface area contributed by atoms with E-state index in [-0.39, 0.29) is 0 Å². The fraction of sp³-hybridized carbons (Fsp3) is 0.200. The van der Waals surface area contributed by atoms with Crippen LogP contribution in [0.25, 0.3) is 11.3 Å². The molecule has 3 rings (SSSR count). The highest BCUT2D eigenvalue weighted by Crippen LogP contribution is 2.31. The van der Waals surface area contributed by atoms with Gasteiger partial charge >= 0.3 is 0 Å². The molecule has 6 nitrogen and oxygen atoms in total. The van der Waals surface area contributed by atoms with Crippen molar-refractivity contribution in [1.29, 1.82) is 0 Å². The van der Waals surface area contributed by atoms with Crippen molar-refractivity contribution in [3.05, 3.63) is 66.7 Å². The zero-order valence-electron chi connectivity index (χ0n) is 14.9. The van der Waals surface area contributed by atoms with E-state index in [1.54, 1.807) is 13.3 Å². The lowest BCUT2D eigenvalue weighted by Crippen LogP contribution is -2.11. The van der Waals surface area contributed by atoms with Crippen LogP contribution in [0.4, 0.5) is 0 Å². The predicted molar refractivity (Wildman–Crippen MR) is 113 cm³/mol. The van der Waals surface area contributed by atoms with Crippen molar-refractivity contribution in [2.75, 3.05) is 7.11 Å². The molecule has 0 saturated carbocycles. The average Bonchev–Trinajstić information content (AvgIpc) is 3.23. The Bertz CT molecular complexity index is 867. The number of para-hydroxylation sites is 1. The highest BCUT2D eigenvalue weighted by Gasteiger charge is 2.10. The maximum Gasteiger partial charge on any atom is 0.212 e. The summed E-state index contributed by atoms with van der Waals surface area (Å²) in [5, 5.41) is 4.22. The third-order valence-electron chi connectivity index (χ3n) is 3.97. The molecular formula is C20H20IN3O3. The van der Waals surface area contributed by atoms with E-state index in [1.165, 1.54) is 12.0 Å². The van der Waals surface area contributed by atoms with Crippen molar-refractivity contribution in [3.63, 3.8) is 0 Å². The summed E-state index contributed by atoms with van der Waals surface area (Å²) >= 11 is 1.98. The molecule has 1 heterocycles. The van der Waals surface area contributed by atoms with Gasteiger partial charge < -0.3 is 13.9 Å². The molecule has 140 valence electrons. The van der Waals surface area contributed by atoms with Crippen LogP contribution in [0.2, 0.25) is 0 Å². The summed E-state index contributed by atoms with van der Waals surface area (Å²) in [7, 11) is 1.66. The lowest BCUT2D eigenvalue weighted by atomic mass is 10.0. The lowest BCUT2D eigenvalue weighted by Gasteiger charge is -2.10. The van der Waals surface area contributed by atoms with Gasteiger partial charge in [0.2, 0.25) is 5.90 Å². The minimum absolute atomic E-state index is 0.654. The van der Waals surface area contributed by atoms with E-state index in [0.29, 0.717) is 11.7 Å². The van der Waals surface area contributed by atoms with Crippen molar-refractivity contribution in [3.8, 4) is 22.8 Å². The van der Waals surface area contributed by atoms with Crippen LogP contribution in [0.5, 0.6) is 11.5 Å². The average molecular weight is 477 g/mol. The molecule has 27 heavy (non-hydrogen) atoms. The number of oxazole rings is 1. The predicted octanol–water partition coefficient (Wildman–Crippen LogP) is 5.01. The van der Waals surface area contributed by atoms with Crippen LogP contribution in [0.15, 0.2) is 70.6 Å². The standard InChI is InChI=1S/C20H20IN3O3/c1-25-18-12-15(10-11-17(18)19-13-22-14-26-19)6-5-9-20(23-24-21)27-16-7-3-2-4-8-16/h2-4,7-8,10-14,24H,5-6,9H2,1H3/b23-20-. The van der Waals surface area contributed by atoms with Crippen LogP contribution in [0.1, 0.15) is 18.4 Å². The van der Waals surface area contributed by atoms with Crippen molar-refractivity contribution in [2.45, 2.75) is 19.3 Å². The summed E-state index contributed by atoms with van der Waals surface area (Å²) in [6.45, 7) is 0. The molecule has 0 unspecified atom stereocenters. The number of rotatable bonds is 8. The van der Waals surface area contributed by atoms with Gasteiger partial charge in [-0.25, -0.2) is 8.62 Å². The molecule has 0 aliphatic carbocycles. The van der Waals surface area contributed by atoms with Gasteiger partial charge in [0.1, 0.15) is 11.5 Å². The van der Waals surface area contributed by atoms with Gasteiger partial charge in [-0.1, -0.05) is 24.3 Å². The summed E-state index contributed by atoms with van der Waals surface area (Å²) in [5.41, 5.74) is 2.07. The molecule has 0 radical (unpaired) electrons. The number of benzene rings is 2. The van der Waals surface area contributed by atoms with Gasteiger partial charge in [0, 0.05) is 6.42 Å². The molecule has 0 aliphatic heterocycles. The van der Waals surface area contributed by atoms with Crippen molar-refractivity contribution in [1.82, 2.24) is 8.62 Å². The Balaban J connectivity index is 1.61. The fourth-order valence-corrected chi connectivity index (χ4v) is 2.96. The highest BCUT2D eigenvalue weighted by molar-refractivity contribution is 14.1. The maximum absolute atomic E-state index is 5.84. The number of aromatic nitrogens is 1. The Morgan fingerprint density at radius 1 is 1.22 bits per heavy atom. The SMILES string of the molecule is COc1cc(CCC/C(=N/NI)Oc2ccccc2)ccc1-c1cnco1. The normalized spacial score (nSPS) is 11.3. The summed E-state index contributed by atoms with van der Waals surface area (Å²) in [5.74, 6) is 2.90. The topological polar surface area (TPSA) is 68.9 Å². The number of halogens is 1. The molecule has 3 aromatic rings. The van der Waals surface area contributed by atoms with Crippen LogP contribution in [-0.4, -0.2) is 18.0 Å². The molecule has 0 saturated heterocycles. The first-order valence-corrected chi connectivity index (χ1v) is 9.59. The highest BCUT2D eigenvalue weighted by atomic mass is 127. The quantitative estimate of drug-likeness (QED) is 0.163. The molecule has 0 bridgehead atoms. The Hall–Kier alpha value is -2.55. The van der Waals surface area contributed by atoms with Gasteiger partial charge in [0.25, 0.3) is 0 Å². The molecule has 0 atom stereocenters. The Morgan fingerprint density at radius 2 is 2.07 bits per heavy atom. The number of nitrogens with zero attached hydrogens (tertiary/aromatic N) is 2. The number of aryl methyl sites for hydroxylation is 1.